The molecule has 0 bridgehead atoms. The number of carboxylic acids is 1. The number of aryl methyl sites for hydroxylation is 1. The minimum atomic E-state index is -0.892. The van der Waals surface area contributed by atoms with E-state index in [9.17, 15) is 14.7 Å². The SMILES string of the molecule is Cn1cc(C(=O)N2C(C(=O)O)CC3CCCCC32)cn1. The van der Waals surface area contributed by atoms with Crippen LogP contribution in [0.25, 0.3) is 0 Å². The van der Waals surface area contributed by atoms with Gasteiger partial charge in [-0.25, -0.2) is 4.79 Å². The average Bonchev–Trinajstić information content (AvgIpc) is 3.01. The third-order valence-corrected chi connectivity index (χ3v) is 4.56. The highest BCUT2D eigenvalue weighted by Crippen LogP contribution is 2.40. The second-order valence-corrected chi connectivity index (χ2v) is 5.82. The van der Waals surface area contributed by atoms with E-state index < -0.39 is 12.0 Å². The predicted octanol–water partition coefficient (Wildman–Crippen LogP) is 1.28. The quantitative estimate of drug-likeness (QED) is 0.883. The van der Waals surface area contributed by atoms with Gasteiger partial charge in [0.15, 0.2) is 0 Å². The van der Waals surface area contributed by atoms with Gasteiger partial charge in [0.05, 0.1) is 11.8 Å². The van der Waals surface area contributed by atoms with Gasteiger partial charge in [0.25, 0.3) is 5.91 Å². The van der Waals surface area contributed by atoms with Crippen LogP contribution in [0.4, 0.5) is 0 Å². The zero-order valence-electron chi connectivity index (χ0n) is 11.5. The first-order valence-electron chi connectivity index (χ1n) is 7.12. The largest absolute Gasteiger partial charge is 0.480 e. The first-order chi connectivity index (χ1) is 9.58. The molecule has 2 heterocycles. The van der Waals surface area contributed by atoms with Crippen LogP contribution in [-0.2, 0) is 11.8 Å². The van der Waals surface area contributed by atoms with E-state index in [4.69, 9.17) is 0 Å². The molecule has 108 valence electrons. The Morgan fingerprint density at radius 2 is 2.10 bits per heavy atom. The van der Waals surface area contributed by atoms with Crippen molar-refractivity contribution >= 4 is 11.9 Å². The fourth-order valence-electron chi connectivity index (χ4n) is 3.65. The summed E-state index contributed by atoms with van der Waals surface area (Å²) in [5, 5.41) is 13.4. The van der Waals surface area contributed by atoms with Gasteiger partial charge in [-0.05, 0) is 25.2 Å². The van der Waals surface area contributed by atoms with Crippen LogP contribution in [0.2, 0.25) is 0 Å². The minimum Gasteiger partial charge on any atom is -0.480 e. The van der Waals surface area contributed by atoms with Crippen LogP contribution in [0, 0.1) is 5.92 Å². The summed E-state index contributed by atoms with van der Waals surface area (Å²) in [6, 6.07) is -0.603. The van der Waals surface area contributed by atoms with Crippen molar-refractivity contribution in [3.63, 3.8) is 0 Å². The Bertz CT molecular complexity index is 540. The highest BCUT2D eigenvalue weighted by atomic mass is 16.4. The lowest BCUT2D eigenvalue weighted by atomic mass is 9.84. The van der Waals surface area contributed by atoms with Gasteiger partial charge in [0, 0.05) is 19.3 Å². The Balaban J connectivity index is 1.90. The number of carboxylic acid groups (broad SMARTS) is 1. The van der Waals surface area contributed by atoms with Crippen LogP contribution in [-0.4, -0.2) is 43.7 Å². The first kappa shape index (κ1) is 13.1. The van der Waals surface area contributed by atoms with Gasteiger partial charge in [-0.15, -0.1) is 0 Å². The number of likely N-dealkylation sites (tertiary alicyclic amines) is 1. The molecular weight excluding hydrogens is 258 g/mol. The fraction of sp³-hybridized carbons (Fsp3) is 0.643. The van der Waals surface area contributed by atoms with Gasteiger partial charge in [0.1, 0.15) is 6.04 Å². The van der Waals surface area contributed by atoms with E-state index in [0.29, 0.717) is 17.9 Å². The maximum atomic E-state index is 12.6. The number of aliphatic carboxylic acids is 1. The predicted molar refractivity (Wildman–Crippen MR) is 71.2 cm³/mol. The number of nitrogens with zero attached hydrogens (tertiary/aromatic N) is 3. The molecule has 1 amide bonds. The number of carbonyl (C=O) groups excluding carboxylic acids is 1. The molecule has 1 saturated heterocycles. The molecule has 3 atom stereocenters. The van der Waals surface area contributed by atoms with Crippen LogP contribution in [0.1, 0.15) is 42.5 Å². The number of carbonyl (C=O) groups is 2. The average molecular weight is 277 g/mol. The maximum absolute atomic E-state index is 12.6. The maximum Gasteiger partial charge on any atom is 0.326 e. The molecule has 1 aromatic heterocycles. The molecule has 1 N–H and O–H groups in total. The van der Waals surface area contributed by atoms with Gasteiger partial charge in [0.2, 0.25) is 0 Å². The molecule has 2 fully saturated rings. The minimum absolute atomic E-state index is 0.0811. The van der Waals surface area contributed by atoms with E-state index >= 15 is 0 Å². The molecule has 1 aromatic rings. The van der Waals surface area contributed by atoms with Crippen LogP contribution < -0.4 is 0 Å². The number of hydrogen-bond acceptors (Lipinski definition) is 3. The summed E-state index contributed by atoms with van der Waals surface area (Å²) in [4.78, 5) is 25.7. The molecule has 0 radical (unpaired) electrons. The van der Waals surface area contributed by atoms with E-state index in [1.165, 1.54) is 6.20 Å². The first-order valence-corrected chi connectivity index (χ1v) is 7.12. The summed E-state index contributed by atoms with van der Waals surface area (Å²) in [6.07, 6.45) is 7.92. The molecular formula is C14H19N3O3. The van der Waals surface area contributed by atoms with Gasteiger partial charge in [-0.3, -0.25) is 9.48 Å². The van der Waals surface area contributed by atoms with Gasteiger partial charge < -0.3 is 10.0 Å². The molecule has 1 aliphatic heterocycles. The van der Waals surface area contributed by atoms with Crippen LogP contribution in [0.5, 0.6) is 0 Å². The van der Waals surface area contributed by atoms with Crippen LogP contribution in [0.3, 0.4) is 0 Å². The number of aromatic nitrogens is 2. The number of rotatable bonds is 2. The van der Waals surface area contributed by atoms with E-state index in [1.807, 2.05) is 0 Å². The third kappa shape index (κ3) is 2.09. The van der Waals surface area contributed by atoms with Crippen molar-refractivity contribution in [2.75, 3.05) is 0 Å². The summed E-state index contributed by atoms with van der Waals surface area (Å²) >= 11 is 0. The molecule has 0 spiro atoms. The monoisotopic (exact) mass is 277 g/mol. The highest BCUT2D eigenvalue weighted by Gasteiger charge is 2.47. The molecule has 1 saturated carbocycles. The van der Waals surface area contributed by atoms with E-state index in [1.54, 1.807) is 22.8 Å². The summed E-state index contributed by atoms with van der Waals surface area (Å²) in [5.74, 6) is -0.748. The smallest absolute Gasteiger partial charge is 0.326 e. The lowest BCUT2D eigenvalue weighted by Gasteiger charge is -2.32. The third-order valence-electron chi connectivity index (χ3n) is 4.56. The molecule has 3 rings (SSSR count). The molecule has 6 nitrogen and oxygen atoms in total. The summed E-state index contributed by atoms with van der Waals surface area (Å²) < 4.78 is 1.57. The zero-order chi connectivity index (χ0) is 14.3. The van der Waals surface area contributed by atoms with Crippen LogP contribution >= 0.6 is 0 Å². The Morgan fingerprint density at radius 3 is 2.75 bits per heavy atom. The van der Waals surface area contributed by atoms with Crippen molar-refractivity contribution in [3.05, 3.63) is 18.0 Å². The molecule has 20 heavy (non-hydrogen) atoms. The summed E-state index contributed by atoms with van der Waals surface area (Å²) in [5.41, 5.74) is 0.477. The fourth-order valence-corrected chi connectivity index (χ4v) is 3.65. The zero-order valence-corrected chi connectivity index (χ0v) is 11.5. The Kier molecular flexibility index (Phi) is 3.23. The van der Waals surface area contributed by atoms with Crippen molar-refractivity contribution in [1.82, 2.24) is 14.7 Å². The number of amides is 1. The van der Waals surface area contributed by atoms with Crippen LogP contribution in [0.15, 0.2) is 12.4 Å². The van der Waals surface area contributed by atoms with Crippen molar-refractivity contribution in [2.45, 2.75) is 44.2 Å². The topological polar surface area (TPSA) is 75.4 Å². The van der Waals surface area contributed by atoms with Crippen molar-refractivity contribution < 1.29 is 14.7 Å². The normalized spacial score (nSPS) is 29.2. The van der Waals surface area contributed by atoms with Gasteiger partial charge in [-0.1, -0.05) is 12.8 Å². The summed E-state index contributed by atoms with van der Waals surface area (Å²) in [6.45, 7) is 0. The Hall–Kier alpha value is -1.85. The van der Waals surface area contributed by atoms with E-state index in [0.717, 1.165) is 25.7 Å². The highest BCUT2D eigenvalue weighted by molar-refractivity contribution is 5.96. The standard InChI is InChI=1S/C14H19N3O3/c1-16-8-10(7-15-16)13(18)17-11-5-3-2-4-9(11)6-12(17)14(19)20/h7-9,11-12H,2-6H2,1H3,(H,19,20). The lowest BCUT2D eigenvalue weighted by molar-refractivity contribution is -0.141. The summed E-state index contributed by atoms with van der Waals surface area (Å²) in [7, 11) is 1.75. The Morgan fingerprint density at radius 1 is 1.35 bits per heavy atom. The molecule has 1 aliphatic carbocycles. The second-order valence-electron chi connectivity index (χ2n) is 5.82. The van der Waals surface area contributed by atoms with Gasteiger partial charge >= 0.3 is 5.97 Å². The Labute approximate surface area is 117 Å². The lowest BCUT2D eigenvalue weighted by Crippen LogP contribution is -2.46. The van der Waals surface area contributed by atoms with Crippen molar-refractivity contribution in [2.24, 2.45) is 13.0 Å². The molecule has 0 aromatic carbocycles. The second kappa shape index (κ2) is 4.92. The number of hydrogen-bond donors (Lipinski definition) is 1. The van der Waals surface area contributed by atoms with Gasteiger partial charge in [-0.2, -0.15) is 5.10 Å². The number of fused-ring (bicyclic) bond motifs is 1. The molecule has 2 aliphatic rings. The van der Waals surface area contributed by atoms with E-state index in [2.05, 4.69) is 5.10 Å². The van der Waals surface area contributed by atoms with Crippen molar-refractivity contribution in [3.8, 4) is 0 Å². The van der Waals surface area contributed by atoms with Crippen molar-refractivity contribution in [1.29, 1.82) is 0 Å². The molecule has 6 heteroatoms. The van der Waals surface area contributed by atoms with E-state index in [-0.39, 0.29) is 11.9 Å². The molecule has 3 unspecified atom stereocenters.